The Balaban J connectivity index is 1.77. The molecule has 1 atom stereocenters. The Hall–Kier alpha value is -2.36. The van der Waals surface area contributed by atoms with E-state index >= 15 is 0 Å². The van der Waals surface area contributed by atoms with Crippen molar-refractivity contribution in [3.05, 3.63) is 54.4 Å². The van der Waals surface area contributed by atoms with Crippen molar-refractivity contribution in [3.8, 4) is 11.5 Å². The zero-order valence-electron chi connectivity index (χ0n) is 12.7. The fraction of sp³-hybridized carbons (Fsp3) is 0.333. The Kier molecular flexibility index (Phi) is 4.37. The Labute approximate surface area is 130 Å². The maximum Gasteiger partial charge on any atom is 0.254 e. The van der Waals surface area contributed by atoms with Gasteiger partial charge >= 0.3 is 0 Å². The SMILES string of the molecule is C[C@H]1CCCCN1C(=O)c1cccc(Oc2ccncc2)c1. The minimum absolute atomic E-state index is 0.0902. The number of benzene rings is 1. The minimum Gasteiger partial charge on any atom is -0.457 e. The summed E-state index contributed by atoms with van der Waals surface area (Å²) in [6.07, 6.45) is 6.73. The van der Waals surface area contributed by atoms with Crippen LogP contribution in [0.2, 0.25) is 0 Å². The van der Waals surface area contributed by atoms with Gasteiger partial charge in [0.2, 0.25) is 0 Å². The number of aromatic nitrogens is 1. The number of rotatable bonds is 3. The van der Waals surface area contributed by atoms with Gasteiger partial charge in [-0.05, 0) is 56.5 Å². The van der Waals surface area contributed by atoms with Gasteiger partial charge in [-0.15, -0.1) is 0 Å². The summed E-state index contributed by atoms with van der Waals surface area (Å²) in [6.45, 7) is 2.96. The smallest absolute Gasteiger partial charge is 0.254 e. The number of nitrogens with zero attached hydrogens (tertiary/aromatic N) is 2. The van der Waals surface area contributed by atoms with E-state index < -0.39 is 0 Å². The number of hydrogen-bond acceptors (Lipinski definition) is 3. The van der Waals surface area contributed by atoms with Gasteiger partial charge in [-0.3, -0.25) is 9.78 Å². The molecule has 0 aliphatic carbocycles. The fourth-order valence-electron chi connectivity index (χ4n) is 2.80. The number of amides is 1. The second-order valence-electron chi connectivity index (χ2n) is 5.66. The van der Waals surface area contributed by atoms with E-state index in [9.17, 15) is 4.79 Å². The van der Waals surface area contributed by atoms with E-state index in [4.69, 9.17) is 4.74 Å². The first-order chi connectivity index (χ1) is 10.7. The summed E-state index contributed by atoms with van der Waals surface area (Å²) in [7, 11) is 0. The van der Waals surface area contributed by atoms with E-state index in [0.29, 0.717) is 23.1 Å². The van der Waals surface area contributed by atoms with Crippen molar-refractivity contribution < 1.29 is 9.53 Å². The van der Waals surface area contributed by atoms with Gasteiger partial charge in [-0.2, -0.15) is 0 Å². The molecule has 4 heteroatoms. The van der Waals surface area contributed by atoms with Crippen molar-refractivity contribution >= 4 is 5.91 Å². The predicted octanol–water partition coefficient (Wildman–Crippen LogP) is 3.89. The van der Waals surface area contributed by atoms with E-state index in [2.05, 4.69) is 11.9 Å². The summed E-state index contributed by atoms with van der Waals surface area (Å²) < 4.78 is 5.77. The van der Waals surface area contributed by atoms with E-state index in [1.165, 1.54) is 6.42 Å². The summed E-state index contributed by atoms with van der Waals surface area (Å²) in [6, 6.07) is 11.3. The van der Waals surface area contributed by atoms with E-state index in [-0.39, 0.29) is 5.91 Å². The van der Waals surface area contributed by atoms with Gasteiger partial charge < -0.3 is 9.64 Å². The molecule has 2 heterocycles. The number of hydrogen-bond donors (Lipinski definition) is 0. The molecule has 1 aliphatic heterocycles. The average molecular weight is 296 g/mol. The lowest BCUT2D eigenvalue weighted by molar-refractivity contribution is 0.0635. The van der Waals surface area contributed by atoms with Crippen molar-refractivity contribution in [2.24, 2.45) is 0 Å². The number of carbonyl (C=O) groups excluding carboxylic acids is 1. The van der Waals surface area contributed by atoms with E-state index in [1.807, 2.05) is 29.2 Å². The topological polar surface area (TPSA) is 42.4 Å². The number of pyridine rings is 1. The van der Waals surface area contributed by atoms with Crippen LogP contribution in [0.25, 0.3) is 0 Å². The average Bonchev–Trinajstić information content (AvgIpc) is 2.56. The third-order valence-electron chi connectivity index (χ3n) is 4.03. The summed E-state index contributed by atoms with van der Waals surface area (Å²) in [5.74, 6) is 1.47. The van der Waals surface area contributed by atoms with Crippen LogP contribution in [0, 0.1) is 0 Å². The summed E-state index contributed by atoms with van der Waals surface area (Å²) in [5.41, 5.74) is 0.681. The summed E-state index contributed by atoms with van der Waals surface area (Å²) in [4.78, 5) is 18.6. The Morgan fingerprint density at radius 2 is 2.00 bits per heavy atom. The predicted molar refractivity (Wildman–Crippen MR) is 85.1 cm³/mol. The van der Waals surface area contributed by atoms with Crippen molar-refractivity contribution in [3.63, 3.8) is 0 Å². The van der Waals surface area contributed by atoms with Crippen LogP contribution in [0.4, 0.5) is 0 Å². The maximum absolute atomic E-state index is 12.7. The van der Waals surface area contributed by atoms with Crippen LogP contribution in [0.15, 0.2) is 48.8 Å². The minimum atomic E-state index is 0.0902. The van der Waals surface area contributed by atoms with Gasteiger partial charge in [0.25, 0.3) is 5.91 Å². The highest BCUT2D eigenvalue weighted by Crippen LogP contribution is 2.24. The Bertz CT molecular complexity index is 643. The first-order valence-corrected chi connectivity index (χ1v) is 7.73. The molecule has 1 aromatic heterocycles. The van der Waals surface area contributed by atoms with Crippen LogP contribution in [0.5, 0.6) is 11.5 Å². The first-order valence-electron chi connectivity index (χ1n) is 7.73. The molecular weight excluding hydrogens is 276 g/mol. The second-order valence-corrected chi connectivity index (χ2v) is 5.66. The molecule has 0 N–H and O–H groups in total. The molecule has 0 unspecified atom stereocenters. The molecule has 0 saturated carbocycles. The number of likely N-dealkylation sites (tertiary alicyclic amines) is 1. The van der Waals surface area contributed by atoms with Crippen molar-refractivity contribution in [2.45, 2.75) is 32.2 Å². The molecule has 0 bridgehead atoms. The summed E-state index contributed by atoms with van der Waals surface area (Å²) in [5, 5.41) is 0. The van der Waals surface area contributed by atoms with Crippen LogP contribution in [0.1, 0.15) is 36.5 Å². The molecule has 0 radical (unpaired) electrons. The Morgan fingerprint density at radius 1 is 1.18 bits per heavy atom. The van der Waals surface area contributed by atoms with Gasteiger partial charge in [0.15, 0.2) is 0 Å². The quantitative estimate of drug-likeness (QED) is 0.863. The molecule has 3 rings (SSSR count). The zero-order chi connectivity index (χ0) is 15.4. The van der Waals surface area contributed by atoms with Crippen LogP contribution >= 0.6 is 0 Å². The molecule has 1 saturated heterocycles. The molecular formula is C18H20N2O2. The second kappa shape index (κ2) is 6.60. The molecule has 1 fully saturated rings. The number of piperidine rings is 1. The third kappa shape index (κ3) is 3.27. The van der Waals surface area contributed by atoms with E-state index in [0.717, 1.165) is 19.4 Å². The molecule has 4 nitrogen and oxygen atoms in total. The van der Waals surface area contributed by atoms with Crippen LogP contribution in [-0.4, -0.2) is 28.4 Å². The van der Waals surface area contributed by atoms with Crippen molar-refractivity contribution in [1.82, 2.24) is 9.88 Å². The van der Waals surface area contributed by atoms with Crippen LogP contribution in [0.3, 0.4) is 0 Å². The van der Waals surface area contributed by atoms with Crippen LogP contribution < -0.4 is 4.74 Å². The lowest BCUT2D eigenvalue weighted by Gasteiger charge is -2.33. The van der Waals surface area contributed by atoms with Crippen molar-refractivity contribution in [2.75, 3.05) is 6.54 Å². The maximum atomic E-state index is 12.7. The zero-order valence-corrected chi connectivity index (χ0v) is 12.7. The van der Waals surface area contributed by atoms with Gasteiger partial charge in [0.1, 0.15) is 11.5 Å². The molecule has 1 amide bonds. The fourth-order valence-corrected chi connectivity index (χ4v) is 2.80. The lowest BCUT2D eigenvalue weighted by Crippen LogP contribution is -2.42. The number of carbonyl (C=O) groups is 1. The van der Waals surface area contributed by atoms with Gasteiger partial charge in [-0.25, -0.2) is 0 Å². The van der Waals surface area contributed by atoms with Crippen molar-refractivity contribution in [1.29, 1.82) is 0 Å². The highest BCUT2D eigenvalue weighted by molar-refractivity contribution is 5.94. The normalized spacial score (nSPS) is 18.0. The summed E-state index contributed by atoms with van der Waals surface area (Å²) >= 11 is 0. The van der Waals surface area contributed by atoms with Crippen LogP contribution in [-0.2, 0) is 0 Å². The Morgan fingerprint density at radius 3 is 2.77 bits per heavy atom. The molecule has 1 aromatic carbocycles. The van der Waals surface area contributed by atoms with Gasteiger partial charge in [-0.1, -0.05) is 6.07 Å². The van der Waals surface area contributed by atoms with E-state index in [1.54, 1.807) is 24.5 Å². The highest BCUT2D eigenvalue weighted by atomic mass is 16.5. The highest BCUT2D eigenvalue weighted by Gasteiger charge is 2.24. The lowest BCUT2D eigenvalue weighted by atomic mass is 10.0. The largest absolute Gasteiger partial charge is 0.457 e. The molecule has 1 aliphatic rings. The van der Waals surface area contributed by atoms with Gasteiger partial charge in [0, 0.05) is 30.5 Å². The van der Waals surface area contributed by atoms with Gasteiger partial charge in [0.05, 0.1) is 0 Å². The monoisotopic (exact) mass is 296 g/mol. The first kappa shape index (κ1) is 14.6. The molecule has 114 valence electrons. The third-order valence-corrected chi connectivity index (χ3v) is 4.03. The molecule has 22 heavy (non-hydrogen) atoms. The molecule has 2 aromatic rings. The number of ether oxygens (including phenoxy) is 1. The molecule has 0 spiro atoms. The standard InChI is InChI=1S/C18H20N2O2/c1-14-5-2-3-12-20(14)18(21)15-6-4-7-17(13-15)22-16-8-10-19-11-9-16/h4,6-11,13-14H,2-3,5,12H2,1H3/t14-/m0/s1.